The van der Waals surface area contributed by atoms with Crippen LogP contribution in [0.5, 0.6) is 0 Å². The van der Waals surface area contributed by atoms with E-state index < -0.39 is 10.8 Å². The van der Waals surface area contributed by atoms with Gasteiger partial charge in [-0.1, -0.05) is 5.16 Å². The lowest BCUT2D eigenvalue weighted by Gasteiger charge is -2.01. The van der Waals surface area contributed by atoms with E-state index in [1.54, 1.807) is 26.0 Å². The summed E-state index contributed by atoms with van der Waals surface area (Å²) in [6.45, 7) is 3.42. The van der Waals surface area contributed by atoms with E-state index in [4.69, 9.17) is 8.94 Å². The minimum Gasteiger partial charge on any atom is -0.468 e. The number of amides is 1. The molecule has 2 heterocycles. The van der Waals surface area contributed by atoms with Gasteiger partial charge < -0.3 is 14.3 Å². The molecule has 0 saturated carbocycles. The van der Waals surface area contributed by atoms with E-state index in [-0.39, 0.29) is 11.7 Å². The largest absolute Gasteiger partial charge is 0.468 e. The van der Waals surface area contributed by atoms with Gasteiger partial charge in [0.2, 0.25) is 5.91 Å². The van der Waals surface area contributed by atoms with E-state index in [2.05, 4.69) is 10.5 Å². The minimum atomic E-state index is -1.42. The third-order valence-electron chi connectivity index (χ3n) is 2.21. The van der Waals surface area contributed by atoms with Crippen LogP contribution < -0.4 is 5.32 Å². The SMILES string of the molecule is Cc1cc(NC(=O)C[S@@](=O)c2ccoc2C)no1. The monoisotopic (exact) mass is 268 g/mol. The lowest BCUT2D eigenvalue weighted by Crippen LogP contribution is -2.19. The Morgan fingerprint density at radius 3 is 2.83 bits per heavy atom. The van der Waals surface area contributed by atoms with Crippen LogP contribution in [0.1, 0.15) is 11.5 Å². The Morgan fingerprint density at radius 1 is 1.50 bits per heavy atom. The molecule has 0 aliphatic heterocycles. The van der Waals surface area contributed by atoms with Crippen molar-refractivity contribution in [3.63, 3.8) is 0 Å². The summed E-state index contributed by atoms with van der Waals surface area (Å²) in [4.78, 5) is 12.2. The first-order chi connectivity index (χ1) is 8.56. The van der Waals surface area contributed by atoms with Crippen molar-refractivity contribution in [3.8, 4) is 0 Å². The summed E-state index contributed by atoms with van der Waals surface area (Å²) in [6.07, 6.45) is 1.45. The maximum absolute atomic E-state index is 11.9. The number of furan rings is 1. The molecule has 0 aromatic carbocycles. The molecule has 0 aliphatic rings. The summed E-state index contributed by atoms with van der Waals surface area (Å²) in [7, 11) is -1.42. The first kappa shape index (κ1) is 12.6. The second kappa shape index (κ2) is 5.18. The number of aryl methyl sites for hydroxylation is 2. The van der Waals surface area contributed by atoms with Gasteiger partial charge in [0.15, 0.2) is 5.82 Å². The fraction of sp³-hybridized carbons (Fsp3) is 0.273. The molecule has 0 radical (unpaired) electrons. The molecule has 0 unspecified atom stereocenters. The molecular weight excluding hydrogens is 256 g/mol. The molecule has 0 aliphatic carbocycles. The number of nitrogens with zero attached hydrogens (tertiary/aromatic N) is 1. The Balaban J connectivity index is 1.96. The molecule has 2 aromatic rings. The zero-order valence-electron chi connectivity index (χ0n) is 9.93. The first-order valence-electron chi connectivity index (χ1n) is 5.22. The molecule has 1 atom stereocenters. The van der Waals surface area contributed by atoms with Crippen molar-refractivity contribution in [2.75, 3.05) is 11.1 Å². The predicted octanol–water partition coefficient (Wildman–Crippen LogP) is 1.63. The molecule has 96 valence electrons. The quantitative estimate of drug-likeness (QED) is 0.910. The fourth-order valence-electron chi connectivity index (χ4n) is 1.41. The van der Waals surface area contributed by atoms with Crippen LogP contribution in [-0.4, -0.2) is 21.0 Å². The highest BCUT2D eigenvalue weighted by molar-refractivity contribution is 7.85. The first-order valence-corrected chi connectivity index (χ1v) is 6.54. The van der Waals surface area contributed by atoms with Gasteiger partial charge in [-0.25, -0.2) is 0 Å². The number of carbonyl (C=O) groups excluding carboxylic acids is 1. The number of carbonyl (C=O) groups is 1. The average Bonchev–Trinajstić information content (AvgIpc) is 2.87. The second-order valence-electron chi connectivity index (χ2n) is 3.70. The molecule has 6 nitrogen and oxygen atoms in total. The highest BCUT2D eigenvalue weighted by Gasteiger charge is 2.15. The number of rotatable bonds is 4. The van der Waals surface area contributed by atoms with Gasteiger partial charge in [0.25, 0.3) is 0 Å². The summed E-state index contributed by atoms with van der Waals surface area (Å²) < 4.78 is 21.7. The van der Waals surface area contributed by atoms with Crippen LogP contribution in [0.2, 0.25) is 0 Å². The topological polar surface area (TPSA) is 85.3 Å². The number of anilines is 1. The number of aromatic nitrogens is 1. The highest BCUT2D eigenvalue weighted by atomic mass is 32.2. The van der Waals surface area contributed by atoms with Gasteiger partial charge in [-0.3, -0.25) is 9.00 Å². The Morgan fingerprint density at radius 2 is 2.28 bits per heavy atom. The lowest BCUT2D eigenvalue weighted by atomic mass is 10.5. The van der Waals surface area contributed by atoms with Crippen LogP contribution in [-0.2, 0) is 15.6 Å². The fourth-order valence-corrected chi connectivity index (χ4v) is 2.45. The smallest absolute Gasteiger partial charge is 0.238 e. The van der Waals surface area contributed by atoms with Crippen molar-refractivity contribution in [1.82, 2.24) is 5.16 Å². The molecule has 7 heteroatoms. The Labute approximate surface area is 106 Å². The normalized spacial score (nSPS) is 12.3. The molecule has 18 heavy (non-hydrogen) atoms. The van der Waals surface area contributed by atoms with E-state index in [1.165, 1.54) is 6.26 Å². The summed E-state index contributed by atoms with van der Waals surface area (Å²) in [5.74, 6) is 0.933. The minimum absolute atomic E-state index is 0.147. The van der Waals surface area contributed by atoms with Crippen LogP contribution in [0, 0.1) is 13.8 Å². The molecule has 1 amide bonds. The summed E-state index contributed by atoms with van der Waals surface area (Å²) in [5, 5.41) is 6.13. The number of nitrogens with one attached hydrogen (secondary N) is 1. The molecule has 0 saturated heterocycles. The van der Waals surface area contributed by atoms with Gasteiger partial charge in [0.1, 0.15) is 17.3 Å². The van der Waals surface area contributed by atoms with Crippen LogP contribution >= 0.6 is 0 Å². The maximum Gasteiger partial charge on any atom is 0.238 e. The Bertz CT molecular complexity index is 587. The van der Waals surface area contributed by atoms with Crippen molar-refractivity contribution in [1.29, 1.82) is 0 Å². The van der Waals surface area contributed by atoms with Crippen molar-refractivity contribution >= 4 is 22.5 Å². The molecule has 0 fully saturated rings. The third kappa shape index (κ3) is 2.86. The number of hydrogen-bond acceptors (Lipinski definition) is 5. The van der Waals surface area contributed by atoms with Crippen LogP contribution in [0.25, 0.3) is 0 Å². The standard InChI is InChI=1S/C11H12N2O4S/c1-7-5-10(13-17-7)12-11(14)6-18(15)9-3-4-16-8(9)2/h3-5H,6H2,1-2H3,(H,12,13,14)/t18-/m1/s1. The van der Waals surface area contributed by atoms with E-state index in [0.717, 1.165) is 0 Å². The van der Waals surface area contributed by atoms with Crippen molar-refractivity contribution in [2.45, 2.75) is 18.7 Å². The van der Waals surface area contributed by atoms with E-state index >= 15 is 0 Å². The van der Waals surface area contributed by atoms with Gasteiger partial charge in [-0.05, 0) is 19.9 Å². The van der Waals surface area contributed by atoms with Crippen molar-refractivity contribution in [2.24, 2.45) is 0 Å². The van der Waals surface area contributed by atoms with Gasteiger partial charge >= 0.3 is 0 Å². The van der Waals surface area contributed by atoms with Crippen LogP contribution in [0.3, 0.4) is 0 Å². The van der Waals surface area contributed by atoms with E-state index in [1.807, 2.05) is 0 Å². The predicted molar refractivity (Wildman–Crippen MR) is 64.6 cm³/mol. The maximum atomic E-state index is 11.9. The van der Waals surface area contributed by atoms with Crippen molar-refractivity contribution in [3.05, 3.63) is 29.9 Å². The summed E-state index contributed by atoms with van der Waals surface area (Å²) >= 11 is 0. The Kier molecular flexibility index (Phi) is 3.61. The summed E-state index contributed by atoms with van der Waals surface area (Å²) in [5.41, 5.74) is 0. The van der Waals surface area contributed by atoms with E-state index in [0.29, 0.717) is 22.2 Å². The molecule has 2 rings (SSSR count). The summed E-state index contributed by atoms with van der Waals surface area (Å²) in [6, 6.07) is 3.18. The van der Waals surface area contributed by atoms with Crippen LogP contribution in [0.4, 0.5) is 5.82 Å². The zero-order valence-corrected chi connectivity index (χ0v) is 10.7. The Hall–Kier alpha value is -1.89. The molecule has 1 N–H and O–H groups in total. The number of hydrogen-bond donors (Lipinski definition) is 1. The second-order valence-corrected chi connectivity index (χ2v) is 5.12. The van der Waals surface area contributed by atoms with Gasteiger partial charge in [-0.2, -0.15) is 0 Å². The van der Waals surface area contributed by atoms with Gasteiger partial charge in [0.05, 0.1) is 22.0 Å². The zero-order chi connectivity index (χ0) is 13.1. The van der Waals surface area contributed by atoms with Gasteiger partial charge in [0, 0.05) is 6.07 Å². The van der Waals surface area contributed by atoms with Gasteiger partial charge in [-0.15, -0.1) is 0 Å². The average molecular weight is 268 g/mol. The van der Waals surface area contributed by atoms with Crippen LogP contribution in [0.15, 0.2) is 32.2 Å². The molecule has 0 spiro atoms. The van der Waals surface area contributed by atoms with Crippen molar-refractivity contribution < 1.29 is 17.9 Å². The highest BCUT2D eigenvalue weighted by Crippen LogP contribution is 2.14. The molecular formula is C11H12N2O4S. The third-order valence-corrected chi connectivity index (χ3v) is 3.65. The van der Waals surface area contributed by atoms with E-state index in [9.17, 15) is 9.00 Å². The lowest BCUT2D eigenvalue weighted by molar-refractivity contribution is -0.113. The molecule has 0 bridgehead atoms. The molecule has 2 aromatic heterocycles.